The van der Waals surface area contributed by atoms with Crippen molar-refractivity contribution >= 4 is 5.91 Å². The van der Waals surface area contributed by atoms with Gasteiger partial charge in [0.25, 0.3) is 5.91 Å². The molecule has 0 bridgehead atoms. The molecule has 1 saturated carbocycles. The first kappa shape index (κ1) is 17.3. The third-order valence-corrected chi connectivity index (χ3v) is 5.35. The second-order valence-electron chi connectivity index (χ2n) is 7.32. The molecule has 26 heavy (non-hydrogen) atoms. The minimum Gasteiger partial charge on any atom is -0.373 e. The molecule has 2 aliphatic rings. The summed E-state index contributed by atoms with van der Waals surface area (Å²) in [4.78, 5) is 15.0. The van der Waals surface area contributed by atoms with Gasteiger partial charge >= 0.3 is 0 Å². The topological polar surface area (TPSA) is 38.8 Å². The van der Waals surface area contributed by atoms with Crippen LogP contribution in [0.25, 0.3) is 0 Å². The lowest BCUT2D eigenvalue weighted by Crippen LogP contribution is -2.46. The van der Waals surface area contributed by atoms with E-state index >= 15 is 0 Å². The maximum atomic E-state index is 13.0. The Labute approximate surface area is 154 Å². The largest absolute Gasteiger partial charge is 0.373 e. The van der Waals surface area contributed by atoms with E-state index in [1.807, 2.05) is 60.4 Å². The van der Waals surface area contributed by atoms with E-state index in [0.29, 0.717) is 13.2 Å². The van der Waals surface area contributed by atoms with Gasteiger partial charge in [-0.3, -0.25) is 4.79 Å². The highest BCUT2D eigenvalue weighted by atomic mass is 16.5. The fourth-order valence-electron chi connectivity index (χ4n) is 4.13. The Kier molecular flexibility index (Phi) is 4.79. The van der Waals surface area contributed by atoms with Crippen LogP contribution in [-0.2, 0) is 16.1 Å². The third kappa shape index (κ3) is 3.39. The summed E-state index contributed by atoms with van der Waals surface area (Å²) < 4.78 is 12.4. The Morgan fingerprint density at radius 3 is 2.58 bits per heavy atom. The first-order valence-electron chi connectivity index (χ1n) is 9.37. The second kappa shape index (κ2) is 7.22. The number of carbonyl (C=O) groups is 1. The normalized spacial score (nSPS) is 28.0. The fraction of sp³-hybridized carbons (Fsp3) is 0.409. The van der Waals surface area contributed by atoms with Crippen LogP contribution in [0.2, 0.25) is 0 Å². The molecule has 2 aromatic carbocycles. The minimum atomic E-state index is -0.520. The standard InChI is InChI=1S/C22H25NO3/c1-17-15-23(21(24)19-10-6-3-7-11-19)22(26-17)13-12-20(14-22)25-16-18-8-4-2-5-9-18/h2-11,17,20H,12-16H2,1H3/t17-,20-,22?/m1/s1. The lowest BCUT2D eigenvalue weighted by molar-refractivity contribution is -0.0933. The van der Waals surface area contributed by atoms with Crippen molar-refractivity contribution in [1.82, 2.24) is 4.90 Å². The Morgan fingerprint density at radius 1 is 1.15 bits per heavy atom. The lowest BCUT2D eigenvalue weighted by atomic mass is 10.1. The van der Waals surface area contributed by atoms with Crippen molar-refractivity contribution in [2.75, 3.05) is 6.54 Å². The van der Waals surface area contributed by atoms with E-state index in [0.717, 1.165) is 24.8 Å². The molecule has 4 rings (SSSR count). The summed E-state index contributed by atoms with van der Waals surface area (Å²) in [6.07, 6.45) is 2.65. The Balaban J connectivity index is 1.45. The highest BCUT2D eigenvalue weighted by Crippen LogP contribution is 2.43. The number of benzene rings is 2. The maximum Gasteiger partial charge on any atom is 0.256 e. The molecule has 2 aromatic rings. The molecule has 3 atom stereocenters. The van der Waals surface area contributed by atoms with E-state index in [4.69, 9.17) is 9.47 Å². The van der Waals surface area contributed by atoms with E-state index in [1.54, 1.807) is 0 Å². The first-order chi connectivity index (χ1) is 12.7. The fourth-order valence-corrected chi connectivity index (χ4v) is 4.13. The van der Waals surface area contributed by atoms with Crippen LogP contribution in [0, 0.1) is 0 Å². The van der Waals surface area contributed by atoms with E-state index in [2.05, 4.69) is 12.1 Å². The van der Waals surface area contributed by atoms with Crippen molar-refractivity contribution in [3.8, 4) is 0 Å². The summed E-state index contributed by atoms with van der Waals surface area (Å²) in [5.74, 6) is 0.0543. The summed E-state index contributed by atoms with van der Waals surface area (Å²) >= 11 is 0. The van der Waals surface area contributed by atoms with Crippen LogP contribution in [0.1, 0.15) is 42.1 Å². The van der Waals surface area contributed by atoms with E-state index in [-0.39, 0.29) is 18.1 Å². The van der Waals surface area contributed by atoms with Crippen LogP contribution >= 0.6 is 0 Å². The Bertz CT molecular complexity index is 748. The molecule has 4 nitrogen and oxygen atoms in total. The van der Waals surface area contributed by atoms with Gasteiger partial charge in [-0.15, -0.1) is 0 Å². The molecule has 1 spiro atoms. The van der Waals surface area contributed by atoms with Crippen molar-refractivity contribution in [2.24, 2.45) is 0 Å². The number of carbonyl (C=O) groups excluding carboxylic acids is 1. The molecule has 1 saturated heterocycles. The highest BCUT2D eigenvalue weighted by Gasteiger charge is 2.52. The number of hydrogen-bond donors (Lipinski definition) is 0. The zero-order chi connectivity index (χ0) is 18.0. The molecule has 1 aliphatic heterocycles. The molecule has 0 aromatic heterocycles. The van der Waals surface area contributed by atoms with Gasteiger partial charge in [-0.05, 0) is 37.5 Å². The van der Waals surface area contributed by atoms with Gasteiger partial charge in [0.2, 0.25) is 0 Å². The van der Waals surface area contributed by atoms with Crippen molar-refractivity contribution in [3.63, 3.8) is 0 Å². The van der Waals surface area contributed by atoms with Crippen LogP contribution < -0.4 is 0 Å². The second-order valence-corrected chi connectivity index (χ2v) is 7.32. The van der Waals surface area contributed by atoms with Crippen LogP contribution in [-0.4, -0.2) is 35.3 Å². The monoisotopic (exact) mass is 351 g/mol. The predicted molar refractivity (Wildman–Crippen MR) is 99.6 cm³/mol. The molecule has 4 heteroatoms. The molecule has 2 fully saturated rings. The van der Waals surface area contributed by atoms with Crippen LogP contribution in [0.5, 0.6) is 0 Å². The van der Waals surface area contributed by atoms with Crippen molar-refractivity contribution in [3.05, 3.63) is 71.8 Å². The molecular weight excluding hydrogens is 326 g/mol. The molecule has 0 N–H and O–H groups in total. The molecular formula is C22H25NO3. The average molecular weight is 351 g/mol. The van der Waals surface area contributed by atoms with E-state index in [1.165, 1.54) is 5.56 Å². The first-order valence-corrected chi connectivity index (χ1v) is 9.37. The zero-order valence-corrected chi connectivity index (χ0v) is 15.1. The maximum absolute atomic E-state index is 13.0. The predicted octanol–water partition coefficient (Wildman–Crippen LogP) is 4.01. The zero-order valence-electron chi connectivity index (χ0n) is 15.1. The van der Waals surface area contributed by atoms with Crippen molar-refractivity contribution in [1.29, 1.82) is 0 Å². The van der Waals surface area contributed by atoms with Crippen LogP contribution in [0.15, 0.2) is 60.7 Å². The molecule has 1 aliphatic carbocycles. The van der Waals surface area contributed by atoms with Gasteiger partial charge in [0.1, 0.15) is 5.72 Å². The lowest BCUT2D eigenvalue weighted by Gasteiger charge is -2.33. The SMILES string of the molecule is C[C@@H]1CN(C(=O)c2ccccc2)C2(CC[C@@H](OCc3ccccc3)C2)O1. The molecule has 1 amide bonds. The Morgan fingerprint density at radius 2 is 1.85 bits per heavy atom. The summed E-state index contributed by atoms with van der Waals surface area (Å²) in [6, 6.07) is 19.7. The third-order valence-electron chi connectivity index (χ3n) is 5.35. The number of rotatable bonds is 4. The molecule has 1 heterocycles. The van der Waals surface area contributed by atoms with Gasteiger partial charge in [-0.1, -0.05) is 48.5 Å². The number of amides is 1. The van der Waals surface area contributed by atoms with Gasteiger partial charge in [0.05, 0.1) is 18.8 Å². The molecule has 0 radical (unpaired) electrons. The van der Waals surface area contributed by atoms with Crippen LogP contribution in [0.4, 0.5) is 0 Å². The summed E-state index contributed by atoms with van der Waals surface area (Å²) in [5.41, 5.74) is 1.37. The van der Waals surface area contributed by atoms with Gasteiger partial charge in [-0.25, -0.2) is 0 Å². The van der Waals surface area contributed by atoms with Gasteiger partial charge in [-0.2, -0.15) is 0 Å². The quantitative estimate of drug-likeness (QED) is 0.835. The van der Waals surface area contributed by atoms with Gasteiger partial charge in [0, 0.05) is 18.5 Å². The van der Waals surface area contributed by atoms with Gasteiger partial charge < -0.3 is 14.4 Å². The Hall–Kier alpha value is -2.17. The minimum absolute atomic E-state index is 0.0514. The molecule has 1 unspecified atom stereocenters. The van der Waals surface area contributed by atoms with Gasteiger partial charge in [0.15, 0.2) is 0 Å². The van der Waals surface area contributed by atoms with E-state index in [9.17, 15) is 4.79 Å². The number of ether oxygens (including phenoxy) is 2. The number of nitrogens with zero attached hydrogens (tertiary/aromatic N) is 1. The smallest absolute Gasteiger partial charge is 0.256 e. The van der Waals surface area contributed by atoms with E-state index < -0.39 is 5.72 Å². The average Bonchev–Trinajstić information content (AvgIpc) is 3.24. The summed E-state index contributed by atoms with van der Waals surface area (Å²) in [6.45, 7) is 3.28. The van der Waals surface area contributed by atoms with Crippen molar-refractivity contribution in [2.45, 2.75) is 50.7 Å². The highest BCUT2D eigenvalue weighted by molar-refractivity contribution is 5.94. The molecule has 136 valence electrons. The van der Waals surface area contributed by atoms with Crippen LogP contribution in [0.3, 0.4) is 0 Å². The van der Waals surface area contributed by atoms with Crippen molar-refractivity contribution < 1.29 is 14.3 Å². The summed E-state index contributed by atoms with van der Waals surface area (Å²) in [7, 11) is 0. The summed E-state index contributed by atoms with van der Waals surface area (Å²) in [5, 5.41) is 0. The number of hydrogen-bond acceptors (Lipinski definition) is 3.